The molecule has 0 N–H and O–H groups in total. The first-order chi connectivity index (χ1) is 6.27. The lowest BCUT2D eigenvalue weighted by atomic mass is 10.0. The predicted molar refractivity (Wildman–Crippen MR) is 56.0 cm³/mol. The van der Waals surface area contributed by atoms with Crippen LogP contribution in [0.2, 0.25) is 0 Å². The van der Waals surface area contributed by atoms with Crippen molar-refractivity contribution in [2.24, 2.45) is 0 Å². The average Bonchev–Trinajstić information content (AvgIpc) is 2.47. The number of benzene rings is 1. The molecule has 0 spiro atoms. The second-order valence-corrected chi connectivity index (χ2v) is 3.22. The van der Waals surface area contributed by atoms with Crippen LogP contribution in [-0.2, 0) is 0 Å². The lowest BCUT2D eigenvalue weighted by Crippen LogP contribution is -1.81. The minimum atomic E-state index is 0.969. The molecule has 0 amide bonds. The van der Waals surface area contributed by atoms with Crippen molar-refractivity contribution < 1.29 is 0 Å². The van der Waals surface area contributed by atoms with E-state index in [1.807, 2.05) is 18.2 Å². The van der Waals surface area contributed by atoms with E-state index in [-0.39, 0.29) is 0 Å². The van der Waals surface area contributed by atoms with E-state index in [0.29, 0.717) is 0 Å². The van der Waals surface area contributed by atoms with Crippen molar-refractivity contribution in [1.29, 1.82) is 0 Å². The number of hydrogen-bond donors (Lipinski definition) is 0. The lowest BCUT2D eigenvalue weighted by Gasteiger charge is -2.02. The van der Waals surface area contributed by atoms with Crippen molar-refractivity contribution in [3.8, 4) is 0 Å². The molecule has 0 aliphatic heterocycles. The minimum absolute atomic E-state index is 0.969. The topological polar surface area (TPSA) is 0 Å². The van der Waals surface area contributed by atoms with Gasteiger partial charge in [-0.3, -0.25) is 0 Å². The highest BCUT2D eigenvalue weighted by atomic mass is 14.1. The average molecular weight is 167 g/mol. The summed E-state index contributed by atoms with van der Waals surface area (Å²) in [5, 5.41) is 0. The first-order valence-electron chi connectivity index (χ1n) is 4.34. The molecule has 0 nitrogen and oxygen atoms in total. The van der Waals surface area contributed by atoms with E-state index in [9.17, 15) is 0 Å². The molecule has 0 saturated carbocycles. The van der Waals surface area contributed by atoms with Crippen LogP contribution < -0.4 is 0 Å². The van der Waals surface area contributed by atoms with Crippen LogP contribution in [0.4, 0.5) is 0 Å². The van der Waals surface area contributed by atoms with Crippen LogP contribution in [0.25, 0.3) is 5.57 Å². The number of rotatable bonds is 1. The second-order valence-electron chi connectivity index (χ2n) is 3.22. The monoisotopic (exact) mass is 167 g/mol. The molecule has 2 rings (SSSR count). The van der Waals surface area contributed by atoms with Gasteiger partial charge in [0.15, 0.2) is 0 Å². The van der Waals surface area contributed by atoms with Crippen molar-refractivity contribution >= 4 is 5.57 Å². The Kier molecular flexibility index (Phi) is 1.90. The third-order valence-corrected chi connectivity index (χ3v) is 2.13. The fourth-order valence-electron chi connectivity index (χ4n) is 1.53. The third kappa shape index (κ3) is 1.48. The first-order valence-corrected chi connectivity index (χ1v) is 4.34. The van der Waals surface area contributed by atoms with Gasteiger partial charge in [-0.15, -0.1) is 0 Å². The van der Waals surface area contributed by atoms with Gasteiger partial charge in [-0.25, -0.2) is 0 Å². The third-order valence-electron chi connectivity index (χ3n) is 2.13. The highest BCUT2D eigenvalue weighted by molar-refractivity contribution is 5.82. The molecule has 0 fully saturated rings. The van der Waals surface area contributed by atoms with E-state index in [1.54, 1.807) is 0 Å². The standard InChI is InChI=1S/C13H11/c1-10-8-11(2)13(9-10)12-6-4-3-5-7-12/h3-8H,1H2,2H3. The van der Waals surface area contributed by atoms with Crippen LogP contribution >= 0.6 is 0 Å². The van der Waals surface area contributed by atoms with E-state index in [4.69, 9.17) is 0 Å². The summed E-state index contributed by atoms with van der Waals surface area (Å²) in [5.74, 6) is 0. The van der Waals surface area contributed by atoms with Crippen LogP contribution in [0.1, 0.15) is 12.5 Å². The molecule has 0 heteroatoms. The molecule has 0 atom stereocenters. The molecule has 0 aromatic heterocycles. The van der Waals surface area contributed by atoms with Crippen LogP contribution in [-0.4, -0.2) is 0 Å². The van der Waals surface area contributed by atoms with Gasteiger partial charge in [0.1, 0.15) is 0 Å². The Morgan fingerprint density at radius 1 is 1.15 bits per heavy atom. The SMILES string of the molecule is C=C1[C]=C(c2ccccc2)C(C)=C1. The highest BCUT2D eigenvalue weighted by Gasteiger charge is 2.09. The summed E-state index contributed by atoms with van der Waals surface area (Å²) in [6.07, 6.45) is 5.31. The molecule has 1 aliphatic carbocycles. The molecular formula is C13H11. The van der Waals surface area contributed by atoms with Crippen LogP contribution in [0.5, 0.6) is 0 Å². The Morgan fingerprint density at radius 2 is 1.85 bits per heavy atom. The molecular weight excluding hydrogens is 156 g/mol. The van der Waals surface area contributed by atoms with Gasteiger partial charge in [-0.1, -0.05) is 43.0 Å². The summed E-state index contributed by atoms with van der Waals surface area (Å²) >= 11 is 0. The maximum atomic E-state index is 3.87. The quantitative estimate of drug-likeness (QED) is 0.601. The number of hydrogen-bond acceptors (Lipinski definition) is 0. The Bertz CT molecular complexity index is 391. The van der Waals surface area contributed by atoms with Crippen LogP contribution in [0.3, 0.4) is 0 Å². The molecule has 0 heterocycles. The molecule has 0 saturated heterocycles. The zero-order valence-electron chi connectivity index (χ0n) is 7.67. The smallest absolute Gasteiger partial charge is 0.00239 e. The maximum absolute atomic E-state index is 3.87. The molecule has 1 aromatic carbocycles. The molecule has 63 valence electrons. The van der Waals surface area contributed by atoms with Gasteiger partial charge in [0, 0.05) is 0 Å². The number of allylic oxidation sites excluding steroid dienone is 5. The fraction of sp³-hybridized carbons (Fsp3) is 0.0769. The molecule has 1 aliphatic rings. The van der Waals surface area contributed by atoms with Crippen LogP contribution in [0.15, 0.2) is 54.1 Å². The summed E-state index contributed by atoms with van der Waals surface area (Å²) in [5.41, 5.74) is 4.60. The normalized spacial score (nSPS) is 15.6. The lowest BCUT2D eigenvalue weighted by molar-refractivity contribution is 1.52. The first kappa shape index (κ1) is 8.06. The van der Waals surface area contributed by atoms with Crippen molar-refractivity contribution in [3.63, 3.8) is 0 Å². The molecule has 1 aromatic rings. The van der Waals surface area contributed by atoms with Gasteiger partial charge >= 0.3 is 0 Å². The van der Waals surface area contributed by atoms with E-state index in [2.05, 4.69) is 37.8 Å². The Labute approximate surface area is 78.9 Å². The zero-order valence-corrected chi connectivity index (χ0v) is 7.67. The Morgan fingerprint density at radius 3 is 2.38 bits per heavy atom. The van der Waals surface area contributed by atoms with Gasteiger partial charge in [-0.2, -0.15) is 0 Å². The van der Waals surface area contributed by atoms with E-state index in [1.165, 1.54) is 16.7 Å². The maximum Gasteiger partial charge on any atom is -0.00239 e. The molecule has 0 unspecified atom stereocenters. The summed E-state index contributed by atoms with van der Waals surface area (Å²) in [7, 11) is 0. The molecule has 13 heavy (non-hydrogen) atoms. The zero-order chi connectivity index (χ0) is 9.26. The summed E-state index contributed by atoms with van der Waals surface area (Å²) in [6.45, 7) is 5.96. The highest BCUT2D eigenvalue weighted by Crippen LogP contribution is 2.29. The van der Waals surface area contributed by atoms with Crippen molar-refractivity contribution in [3.05, 3.63) is 65.8 Å². The van der Waals surface area contributed by atoms with E-state index >= 15 is 0 Å². The van der Waals surface area contributed by atoms with Gasteiger partial charge in [0.25, 0.3) is 0 Å². The molecule has 0 bridgehead atoms. The van der Waals surface area contributed by atoms with Gasteiger partial charge in [-0.05, 0) is 35.3 Å². The largest absolute Gasteiger partial charge is 0.0911 e. The van der Waals surface area contributed by atoms with Crippen molar-refractivity contribution in [2.75, 3.05) is 0 Å². The predicted octanol–water partition coefficient (Wildman–Crippen LogP) is 3.39. The van der Waals surface area contributed by atoms with Crippen molar-refractivity contribution in [1.82, 2.24) is 0 Å². The summed E-state index contributed by atoms with van der Waals surface area (Å²) < 4.78 is 0. The Balaban J connectivity index is 2.45. The van der Waals surface area contributed by atoms with Gasteiger partial charge in [0.2, 0.25) is 0 Å². The molecule has 1 radical (unpaired) electrons. The van der Waals surface area contributed by atoms with E-state index in [0.717, 1.165) is 5.57 Å². The van der Waals surface area contributed by atoms with Crippen molar-refractivity contribution in [2.45, 2.75) is 6.92 Å². The fourth-order valence-corrected chi connectivity index (χ4v) is 1.53. The minimum Gasteiger partial charge on any atom is -0.0911 e. The Hall–Kier alpha value is -1.56. The van der Waals surface area contributed by atoms with E-state index < -0.39 is 0 Å². The van der Waals surface area contributed by atoms with Gasteiger partial charge < -0.3 is 0 Å². The second kappa shape index (κ2) is 3.06. The van der Waals surface area contributed by atoms with Crippen LogP contribution in [0, 0.1) is 6.08 Å². The summed E-state index contributed by atoms with van der Waals surface area (Å²) in [4.78, 5) is 0. The summed E-state index contributed by atoms with van der Waals surface area (Å²) in [6, 6.07) is 10.3. The van der Waals surface area contributed by atoms with Gasteiger partial charge in [0.05, 0.1) is 0 Å².